The van der Waals surface area contributed by atoms with Crippen LogP contribution in [0.2, 0.25) is 0 Å². The smallest absolute Gasteiger partial charge is 0.272 e. The fraction of sp³-hybridized carbons (Fsp3) is 0.286. The average molecular weight is 355 g/mol. The summed E-state index contributed by atoms with van der Waals surface area (Å²) in [6, 6.07) is 5.55. The minimum atomic E-state index is -0.341. The number of hydrogen-bond donors (Lipinski definition) is 1. The second-order valence-corrected chi connectivity index (χ2v) is 6.88. The van der Waals surface area contributed by atoms with Gasteiger partial charge in [-0.25, -0.2) is 0 Å². The summed E-state index contributed by atoms with van der Waals surface area (Å²) in [4.78, 5) is 13.0. The molecule has 2 aromatic rings. The van der Waals surface area contributed by atoms with E-state index in [-0.39, 0.29) is 10.6 Å². The lowest BCUT2D eigenvalue weighted by Crippen LogP contribution is -2.01. The highest BCUT2D eigenvalue weighted by molar-refractivity contribution is 9.10. The molecule has 0 aliphatic carbocycles. The monoisotopic (exact) mass is 354 g/mol. The lowest BCUT2D eigenvalue weighted by molar-refractivity contribution is -0.385. The van der Waals surface area contributed by atoms with Gasteiger partial charge in [-0.2, -0.15) is 0 Å². The van der Waals surface area contributed by atoms with Crippen molar-refractivity contribution in [3.63, 3.8) is 0 Å². The molecule has 0 spiro atoms. The van der Waals surface area contributed by atoms with Crippen molar-refractivity contribution < 1.29 is 4.92 Å². The molecular weight excluding hydrogens is 340 g/mol. The highest BCUT2D eigenvalue weighted by atomic mass is 79.9. The highest BCUT2D eigenvalue weighted by Crippen LogP contribution is 2.29. The Balaban J connectivity index is 2.17. The molecule has 0 unspecified atom stereocenters. The zero-order chi connectivity index (χ0) is 14.9. The van der Waals surface area contributed by atoms with Crippen LogP contribution in [0.1, 0.15) is 20.9 Å². The largest absolute Gasteiger partial charge is 0.380 e. The number of nitro benzene ring substituents is 1. The number of hydrogen-bond acceptors (Lipinski definition) is 4. The molecule has 1 aromatic heterocycles. The first-order valence-corrected chi connectivity index (χ1v) is 7.73. The Hall–Kier alpha value is -1.40. The minimum absolute atomic E-state index is 0.169. The van der Waals surface area contributed by atoms with E-state index in [1.54, 1.807) is 24.3 Å². The predicted octanol–water partition coefficient (Wildman–Crippen LogP) is 4.96. The van der Waals surface area contributed by atoms with Crippen LogP contribution < -0.4 is 5.32 Å². The SMILES string of the molecule is Cc1cc([N+](=O)[O-])c(C)cc1NCc1cc(Br)c(C)s1. The van der Waals surface area contributed by atoms with Gasteiger partial charge in [-0.3, -0.25) is 10.1 Å². The third-order valence-corrected chi connectivity index (χ3v) is 5.24. The molecule has 106 valence electrons. The Labute approximate surface area is 130 Å². The minimum Gasteiger partial charge on any atom is -0.380 e. The number of nitrogens with zero attached hydrogens (tertiary/aromatic N) is 1. The van der Waals surface area contributed by atoms with E-state index in [4.69, 9.17) is 0 Å². The normalized spacial score (nSPS) is 10.6. The van der Waals surface area contributed by atoms with Crippen LogP contribution in [0.3, 0.4) is 0 Å². The van der Waals surface area contributed by atoms with E-state index in [1.165, 1.54) is 9.75 Å². The summed E-state index contributed by atoms with van der Waals surface area (Å²) < 4.78 is 1.12. The second kappa shape index (κ2) is 5.93. The number of halogens is 1. The van der Waals surface area contributed by atoms with Crippen molar-refractivity contribution in [1.29, 1.82) is 0 Å². The first-order chi connectivity index (χ1) is 9.38. The van der Waals surface area contributed by atoms with E-state index in [2.05, 4.69) is 34.2 Å². The van der Waals surface area contributed by atoms with Gasteiger partial charge in [-0.1, -0.05) is 0 Å². The summed E-state index contributed by atoms with van der Waals surface area (Å²) in [6.45, 7) is 6.42. The van der Waals surface area contributed by atoms with Crippen LogP contribution in [0.15, 0.2) is 22.7 Å². The number of nitrogens with one attached hydrogen (secondary N) is 1. The van der Waals surface area contributed by atoms with Gasteiger partial charge < -0.3 is 5.32 Å². The van der Waals surface area contributed by atoms with E-state index < -0.39 is 0 Å². The van der Waals surface area contributed by atoms with Gasteiger partial charge in [0.2, 0.25) is 0 Å². The first-order valence-electron chi connectivity index (χ1n) is 6.13. The van der Waals surface area contributed by atoms with Gasteiger partial charge in [0.05, 0.1) is 4.92 Å². The molecule has 6 heteroatoms. The lowest BCUT2D eigenvalue weighted by Gasteiger charge is -2.10. The van der Waals surface area contributed by atoms with E-state index in [0.717, 1.165) is 22.3 Å². The van der Waals surface area contributed by atoms with Crippen LogP contribution in [-0.4, -0.2) is 4.92 Å². The Morgan fingerprint density at radius 1 is 1.25 bits per heavy atom. The van der Waals surface area contributed by atoms with Crippen molar-refractivity contribution in [2.24, 2.45) is 0 Å². The van der Waals surface area contributed by atoms with Crippen LogP contribution in [0, 0.1) is 30.9 Å². The van der Waals surface area contributed by atoms with E-state index in [9.17, 15) is 10.1 Å². The van der Waals surface area contributed by atoms with Crippen molar-refractivity contribution in [1.82, 2.24) is 0 Å². The van der Waals surface area contributed by atoms with Crippen LogP contribution in [0.4, 0.5) is 11.4 Å². The van der Waals surface area contributed by atoms with E-state index >= 15 is 0 Å². The van der Waals surface area contributed by atoms with Crippen LogP contribution in [0.5, 0.6) is 0 Å². The molecule has 1 heterocycles. The number of thiophene rings is 1. The number of benzene rings is 1. The Morgan fingerprint density at radius 3 is 2.50 bits per heavy atom. The zero-order valence-electron chi connectivity index (χ0n) is 11.5. The maximum atomic E-state index is 10.9. The Kier molecular flexibility index (Phi) is 4.45. The van der Waals surface area contributed by atoms with Crippen molar-refractivity contribution in [3.8, 4) is 0 Å². The molecule has 4 nitrogen and oxygen atoms in total. The molecule has 1 aromatic carbocycles. The number of aryl methyl sites for hydroxylation is 3. The molecule has 0 saturated heterocycles. The second-order valence-electron chi connectivity index (χ2n) is 4.68. The Morgan fingerprint density at radius 2 is 1.95 bits per heavy atom. The van der Waals surface area contributed by atoms with E-state index in [1.807, 2.05) is 13.0 Å². The fourth-order valence-electron chi connectivity index (χ4n) is 1.98. The zero-order valence-corrected chi connectivity index (χ0v) is 13.9. The molecule has 0 atom stereocenters. The fourth-order valence-corrected chi connectivity index (χ4v) is 3.52. The molecular formula is C14H15BrN2O2S. The van der Waals surface area contributed by atoms with Crippen LogP contribution in [-0.2, 0) is 6.54 Å². The van der Waals surface area contributed by atoms with Crippen molar-refractivity contribution in [2.75, 3.05) is 5.32 Å². The molecule has 1 N–H and O–H groups in total. The van der Waals surface area contributed by atoms with Gasteiger partial charge in [0.1, 0.15) is 0 Å². The molecule has 0 fully saturated rings. The molecule has 2 rings (SSSR count). The summed E-state index contributed by atoms with van der Waals surface area (Å²) in [5.74, 6) is 0. The van der Waals surface area contributed by atoms with E-state index in [0.29, 0.717) is 5.56 Å². The molecule has 0 saturated carbocycles. The maximum Gasteiger partial charge on any atom is 0.272 e. The standard InChI is InChI=1S/C14H15BrN2O2S/c1-8-5-14(17(18)19)9(2)4-13(8)16-7-11-6-12(15)10(3)20-11/h4-6,16H,7H2,1-3H3. The number of nitro groups is 1. The number of anilines is 1. The summed E-state index contributed by atoms with van der Waals surface area (Å²) in [5.41, 5.74) is 2.67. The highest BCUT2D eigenvalue weighted by Gasteiger charge is 2.13. The molecule has 0 aliphatic heterocycles. The number of rotatable bonds is 4. The van der Waals surface area contributed by atoms with Gasteiger partial charge >= 0.3 is 0 Å². The van der Waals surface area contributed by atoms with Crippen LogP contribution >= 0.6 is 27.3 Å². The molecule has 20 heavy (non-hydrogen) atoms. The summed E-state index contributed by atoms with van der Waals surface area (Å²) in [7, 11) is 0. The predicted molar refractivity (Wildman–Crippen MR) is 86.7 cm³/mol. The quantitative estimate of drug-likeness (QED) is 0.623. The maximum absolute atomic E-state index is 10.9. The Bertz CT molecular complexity index is 648. The van der Waals surface area contributed by atoms with Crippen molar-refractivity contribution in [3.05, 3.63) is 53.7 Å². The van der Waals surface area contributed by atoms with Crippen LogP contribution in [0.25, 0.3) is 0 Å². The van der Waals surface area contributed by atoms with Gasteiger partial charge in [0.25, 0.3) is 5.69 Å². The van der Waals surface area contributed by atoms with Gasteiger partial charge in [-0.05, 0) is 54.4 Å². The molecule has 0 amide bonds. The molecule has 0 aliphatic rings. The van der Waals surface area contributed by atoms with Gasteiger partial charge in [0.15, 0.2) is 0 Å². The van der Waals surface area contributed by atoms with Crippen molar-refractivity contribution >= 4 is 38.6 Å². The third kappa shape index (κ3) is 3.19. The summed E-state index contributed by atoms with van der Waals surface area (Å²) in [5, 5.41) is 14.2. The van der Waals surface area contributed by atoms with Gasteiger partial charge in [0, 0.05) is 38.1 Å². The molecule has 0 bridgehead atoms. The first kappa shape index (κ1) is 15.0. The molecule has 0 radical (unpaired) electrons. The topological polar surface area (TPSA) is 55.2 Å². The summed E-state index contributed by atoms with van der Waals surface area (Å²) >= 11 is 5.24. The average Bonchev–Trinajstić information content (AvgIpc) is 2.69. The van der Waals surface area contributed by atoms with Crippen molar-refractivity contribution in [2.45, 2.75) is 27.3 Å². The lowest BCUT2D eigenvalue weighted by atomic mass is 10.1. The third-order valence-electron chi connectivity index (χ3n) is 3.10. The summed E-state index contributed by atoms with van der Waals surface area (Å²) in [6.07, 6.45) is 0. The van der Waals surface area contributed by atoms with Gasteiger partial charge in [-0.15, -0.1) is 11.3 Å².